The van der Waals surface area contributed by atoms with Crippen molar-refractivity contribution in [3.8, 4) is 11.1 Å². The molecule has 2 aromatic rings. The van der Waals surface area contributed by atoms with Crippen LogP contribution in [0.15, 0.2) is 43.0 Å². The fourth-order valence-electron chi connectivity index (χ4n) is 2.97. The van der Waals surface area contributed by atoms with E-state index >= 15 is 0 Å². The van der Waals surface area contributed by atoms with E-state index in [1.165, 1.54) is 11.2 Å². The number of piperidine rings is 1. The van der Waals surface area contributed by atoms with Crippen molar-refractivity contribution in [2.24, 2.45) is 0 Å². The van der Waals surface area contributed by atoms with Crippen molar-refractivity contribution in [3.63, 3.8) is 0 Å². The van der Waals surface area contributed by atoms with Gasteiger partial charge in [-0.05, 0) is 30.5 Å². The summed E-state index contributed by atoms with van der Waals surface area (Å²) in [5.41, 5.74) is 2.57. The molecule has 3 rings (SSSR count). The smallest absolute Gasteiger partial charge is 0.317 e. The molecule has 1 aliphatic rings. The first-order valence-electron chi connectivity index (χ1n) is 8.67. The van der Waals surface area contributed by atoms with Gasteiger partial charge in [0.15, 0.2) is 0 Å². The van der Waals surface area contributed by atoms with Crippen molar-refractivity contribution in [2.45, 2.75) is 18.9 Å². The first-order chi connectivity index (χ1) is 12.5. The number of nitrogens with one attached hydrogen (secondary N) is 1. The molecule has 0 aliphatic carbocycles. The molecular formula is C19H23N5O2. The van der Waals surface area contributed by atoms with Crippen LogP contribution < -0.4 is 5.32 Å². The standard InChI is InChI=1S/C19H23N5O2/c1-23(2)19(26)22-17-7-9-24(10-8-17)18(25)15-5-3-14(4-6-15)16-11-20-13-21-12-16/h3-6,11-13,17H,7-10H2,1-2H3,(H,22,26). The molecule has 1 saturated heterocycles. The topological polar surface area (TPSA) is 78.4 Å². The number of nitrogens with zero attached hydrogens (tertiary/aromatic N) is 4. The Bertz CT molecular complexity index is 753. The second kappa shape index (κ2) is 7.95. The number of carbonyl (C=O) groups is 2. The fraction of sp³-hybridized carbons (Fsp3) is 0.368. The molecule has 1 N–H and O–H groups in total. The highest BCUT2D eigenvalue weighted by Crippen LogP contribution is 2.19. The minimum Gasteiger partial charge on any atom is -0.338 e. The maximum absolute atomic E-state index is 12.7. The number of benzene rings is 1. The molecule has 1 aromatic carbocycles. The zero-order valence-corrected chi connectivity index (χ0v) is 15.1. The molecule has 2 heterocycles. The van der Waals surface area contributed by atoms with Crippen molar-refractivity contribution in [1.29, 1.82) is 0 Å². The van der Waals surface area contributed by atoms with E-state index in [0.29, 0.717) is 18.7 Å². The number of hydrogen-bond donors (Lipinski definition) is 1. The minimum absolute atomic E-state index is 0.0262. The molecule has 0 spiro atoms. The molecule has 1 aliphatic heterocycles. The third kappa shape index (κ3) is 4.17. The van der Waals surface area contributed by atoms with Gasteiger partial charge in [-0.25, -0.2) is 14.8 Å². The Morgan fingerprint density at radius 3 is 2.23 bits per heavy atom. The van der Waals surface area contributed by atoms with Gasteiger partial charge in [-0.1, -0.05) is 12.1 Å². The number of likely N-dealkylation sites (tertiary alicyclic amines) is 1. The molecule has 1 fully saturated rings. The zero-order chi connectivity index (χ0) is 18.5. The van der Waals surface area contributed by atoms with Crippen molar-refractivity contribution in [1.82, 2.24) is 25.1 Å². The van der Waals surface area contributed by atoms with Gasteiger partial charge in [-0.2, -0.15) is 0 Å². The molecule has 3 amide bonds. The van der Waals surface area contributed by atoms with Crippen LogP contribution in [0, 0.1) is 0 Å². The molecular weight excluding hydrogens is 330 g/mol. The van der Waals surface area contributed by atoms with Crippen molar-refractivity contribution in [3.05, 3.63) is 48.5 Å². The third-order valence-electron chi connectivity index (χ3n) is 4.54. The number of amides is 3. The Kier molecular flexibility index (Phi) is 5.46. The van der Waals surface area contributed by atoms with Crippen molar-refractivity contribution >= 4 is 11.9 Å². The van der Waals surface area contributed by atoms with Gasteiger partial charge < -0.3 is 15.1 Å². The molecule has 136 valence electrons. The van der Waals surface area contributed by atoms with Crippen LogP contribution in [-0.4, -0.2) is 64.9 Å². The molecule has 0 bridgehead atoms. The number of aromatic nitrogens is 2. The number of urea groups is 1. The summed E-state index contributed by atoms with van der Waals surface area (Å²) >= 11 is 0. The average Bonchev–Trinajstić information content (AvgIpc) is 2.69. The van der Waals surface area contributed by atoms with Gasteiger partial charge in [-0.15, -0.1) is 0 Å². The van der Waals surface area contributed by atoms with Gasteiger partial charge in [0.2, 0.25) is 0 Å². The number of hydrogen-bond acceptors (Lipinski definition) is 4. The Labute approximate surface area is 153 Å². The molecule has 26 heavy (non-hydrogen) atoms. The second-order valence-corrected chi connectivity index (χ2v) is 6.61. The lowest BCUT2D eigenvalue weighted by atomic mass is 10.0. The van der Waals surface area contributed by atoms with Gasteiger partial charge in [-0.3, -0.25) is 4.79 Å². The second-order valence-electron chi connectivity index (χ2n) is 6.61. The van der Waals surface area contributed by atoms with Crippen LogP contribution in [0.4, 0.5) is 4.79 Å². The summed E-state index contributed by atoms with van der Waals surface area (Å²) in [5.74, 6) is 0.0262. The van der Waals surface area contributed by atoms with Crippen LogP contribution in [0.3, 0.4) is 0 Å². The Morgan fingerprint density at radius 1 is 1.04 bits per heavy atom. The molecule has 0 atom stereocenters. The highest BCUT2D eigenvalue weighted by atomic mass is 16.2. The molecule has 0 unspecified atom stereocenters. The maximum atomic E-state index is 12.7. The summed E-state index contributed by atoms with van der Waals surface area (Å²) in [4.78, 5) is 35.8. The molecule has 1 aromatic heterocycles. The fourth-order valence-corrected chi connectivity index (χ4v) is 2.97. The van der Waals surface area contributed by atoms with E-state index in [1.807, 2.05) is 29.2 Å². The lowest BCUT2D eigenvalue weighted by Gasteiger charge is -2.33. The summed E-state index contributed by atoms with van der Waals surface area (Å²) < 4.78 is 0. The lowest BCUT2D eigenvalue weighted by molar-refractivity contribution is 0.0707. The van der Waals surface area contributed by atoms with Crippen LogP contribution in [-0.2, 0) is 0 Å². The van der Waals surface area contributed by atoms with E-state index in [0.717, 1.165) is 24.0 Å². The van der Waals surface area contributed by atoms with E-state index in [9.17, 15) is 9.59 Å². The predicted molar refractivity (Wildman–Crippen MR) is 98.6 cm³/mol. The largest absolute Gasteiger partial charge is 0.338 e. The van der Waals surface area contributed by atoms with Crippen LogP contribution in [0.5, 0.6) is 0 Å². The molecule has 7 nitrogen and oxygen atoms in total. The summed E-state index contributed by atoms with van der Waals surface area (Å²) in [6.07, 6.45) is 6.52. The maximum Gasteiger partial charge on any atom is 0.317 e. The average molecular weight is 353 g/mol. The van der Waals surface area contributed by atoms with Gasteiger partial charge in [0.1, 0.15) is 6.33 Å². The summed E-state index contributed by atoms with van der Waals surface area (Å²) in [6.45, 7) is 1.29. The monoisotopic (exact) mass is 353 g/mol. The number of carbonyl (C=O) groups excluding carboxylic acids is 2. The molecule has 7 heteroatoms. The van der Waals surface area contributed by atoms with Gasteiger partial charge in [0.05, 0.1) is 0 Å². The van der Waals surface area contributed by atoms with Gasteiger partial charge in [0.25, 0.3) is 5.91 Å². The Morgan fingerprint density at radius 2 is 1.65 bits per heavy atom. The van der Waals surface area contributed by atoms with Crippen molar-refractivity contribution < 1.29 is 9.59 Å². The number of rotatable bonds is 3. The summed E-state index contributed by atoms with van der Waals surface area (Å²) in [6, 6.07) is 7.53. The minimum atomic E-state index is -0.0877. The highest BCUT2D eigenvalue weighted by Gasteiger charge is 2.24. The SMILES string of the molecule is CN(C)C(=O)NC1CCN(C(=O)c2ccc(-c3cncnc3)cc2)CC1. The van der Waals surface area contributed by atoms with E-state index in [2.05, 4.69) is 15.3 Å². The van der Waals surface area contributed by atoms with Crippen LogP contribution in [0.25, 0.3) is 11.1 Å². The lowest BCUT2D eigenvalue weighted by Crippen LogP contribution is -2.48. The van der Waals surface area contributed by atoms with Crippen LogP contribution in [0.1, 0.15) is 23.2 Å². The normalized spacial score (nSPS) is 14.8. The Balaban J connectivity index is 1.58. The third-order valence-corrected chi connectivity index (χ3v) is 4.54. The quantitative estimate of drug-likeness (QED) is 0.916. The van der Waals surface area contributed by atoms with Crippen molar-refractivity contribution in [2.75, 3.05) is 27.2 Å². The molecule has 0 saturated carbocycles. The van der Waals surface area contributed by atoms with E-state index in [1.54, 1.807) is 26.5 Å². The first kappa shape index (κ1) is 17.8. The predicted octanol–water partition coefficient (Wildman–Crippen LogP) is 2.02. The van der Waals surface area contributed by atoms with E-state index in [-0.39, 0.29) is 18.0 Å². The van der Waals surface area contributed by atoms with E-state index < -0.39 is 0 Å². The molecule has 0 radical (unpaired) electrons. The van der Waals surface area contributed by atoms with Gasteiger partial charge >= 0.3 is 6.03 Å². The van der Waals surface area contributed by atoms with E-state index in [4.69, 9.17) is 0 Å². The first-order valence-corrected chi connectivity index (χ1v) is 8.67. The zero-order valence-electron chi connectivity index (χ0n) is 15.1. The summed E-state index contributed by atoms with van der Waals surface area (Å²) in [7, 11) is 3.44. The van der Waals surface area contributed by atoms with Crippen LogP contribution >= 0.6 is 0 Å². The highest BCUT2D eigenvalue weighted by molar-refractivity contribution is 5.94. The van der Waals surface area contributed by atoms with Crippen LogP contribution in [0.2, 0.25) is 0 Å². The van der Waals surface area contributed by atoms with Gasteiger partial charge in [0, 0.05) is 56.7 Å². The summed E-state index contributed by atoms with van der Waals surface area (Å²) in [5, 5.41) is 2.98. The Hall–Kier alpha value is -2.96.